The number of hydrogen-bond acceptors (Lipinski definition) is 6. The van der Waals surface area contributed by atoms with Crippen molar-refractivity contribution < 1.29 is 4.74 Å². The van der Waals surface area contributed by atoms with E-state index in [0.29, 0.717) is 18.4 Å². The Morgan fingerprint density at radius 3 is 3.04 bits per heavy atom. The van der Waals surface area contributed by atoms with Crippen molar-refractivity contribution in [1.29, 1.82) is 0 Å². The van der Waals surface area contributed by atoms with Gasteiger partial charge in [-0.05, 0) is 6.07 Å². The summed E-state index contributed by atoms with van der Waals surface area (Å²) in [5, 5.41) is 3.17. The van der Waals surface area contributed by atoms with Crippen LogP contribution in [-0.4, -0.2) is 37.6 Å². The van der Waals surface area contributed by atoms with Crippen LogP contribution in [0.15, 0.2) is 48.5 Å². The first-order chi connectivity index (χ1) is 11.9. The van der Waals surface area contributed by atoms with Crippen LogP contribution in [0.25, 0.3) is 0 Å². The average Bonchev–Trinajstić information content (AvgIpc) is 3.23. The van der Waals surface area contributed by atoms with E-state index in [2.05, 4.69) is 24.4 Å². The molecule has 3 aromatic rings. The Kier molecular flexibility index (Phi) is 4.53. The van der Waals surface area contributed by atoms with E-state index in [9.17, 15) is 0 Å². The van der Waals surface area contributed by atoms with Gasteiger partial charge in [0.25, 0.3) is 0 Å². The number of ether oxygens (including phenoxy) is 1. The number of imidazole rings is 1. The fraction of sp³-hybridized carbons (Fsp3) is 0.353. The van der Waals surface area contributed by atoms with Gasteiger partial charge in [-0.25, -0.2) is 15.0 Å². The molecule has 1 aliphatic heterocycles. The monoisotopic (exact) mass is 341 g/mol. The molecule has 7 heteroatoms. The Bertz CT molecular complexity index is 758. The second-order valence-electron chi connectivity index (χ2n) is 5.98. The number of nitrogens with zero attached hydrogens (tertiary/aromatic N) is 5. The van der Waals surface area contributed by atoms with Gasteiger partial charge in [0.05, 0.1) is 25.2 Å². The fourth-order valence-corrected chi connectivity index (χ4v) is 3.68. The van der Waals surface area contributed by atoms with Gasteiger partial charge in [-0.2, -0.15) is 0 Å². The van der Waals surface area contributed by atoms with Gasteiger partial charge in [0, 0.05) is 55.6 Å². The largest absolute Gasteiger partial charge is 0.477 e. The SMILES string of the molecule is c1ccc(OC[C@H]2CN(Cc3nccs3)Cc3cncn3C2)nc1. The highest BCUT2D eigenvalue weighted by Gasteiger charge is 2.23. The van der Waals surface area contributed by atoms with Gasteiger partial charge < -0.3 is 9.30 Å². The molecule has 4 heterocycles. The Morgan fingerprint density at radius 2 is 2.21 bits per heavy atom. The van der Waals surface area contributed by atoms with Gasteiger partial charge in [0.15, 0.2) is 0 Å². The minimum atomic E-state index is 0.377. The number of fused-ring (bicyclic) bond motifs is 1. The molecule has 0 N–H and O–H groups in total. The molecule has 1 aliphatic rings. The molecule has 0 aromatic carbocycles. The number of rotatable bonds is 5. The summed E-state index contributed by atoms with van der Waals surface area (Å²) in [6, 6.07) is 5.73. The van der Waals surface area contributed by atoms with Crippen LogP contribution < -0.4 is 4.74 Å². The molecule has 0 saturated carbocycles. The summed E-state index contributed by atoms with van der Waals surface area (Å²) >= 11 is 1.70. The molecule has 3 aromatic heterocycles. The summed E-state index contributed by atoms with van der Waals surface area (Å²) in [6.45, 7) is 4.27. The highest BCUT2D eigenvalue weighted by molar-refractivity contribution is 7.09. The van der Waals surface area contributed by atoms with Gasteiger partial charge in [-0.15, -0.1) is 11.3 Å². The summed E-state index contributed by atoms with van der Waals surface area (Å²) in [4.78, 5) is 15.4. The minimum absolute atomic E-state index is 0.377. The Labute approximate surface area is 144 Å². The van der Waals surface area contributed by atoms with Crippen LogP contribution in [0, 0.1) is 5.92 Å². The molecule has 0 fully saturated rings. The van der Waals surface area contributed by atoms with Gasteiger partial charge >= 0.3 is 0 Å². The molecule has 0 amide bonds. The lowest BCUT2D eigenvalue weighted by Gasteiger charge is -2.23. The third kappa shape index (κ3) is 3.63. The van der Waals surface area contributed by atoms with Gasteiger partial charge in [-0.1, -0.05) is 6.07 Å². The average molecular weight is 341 g/mol. The Hall–Kier alpha value is -2.25. The normalized spacial score (nSPS) is 18.1. The van der Waals surface area contributed by atoms with Crippen molar-refractivity contribution in [2.45, 2.75) is 19.6 Å². The van der Waals surface area contributed by atoms with Crippen molar-refractivity contribution in [3.05, 3.63) is 59.2 Å². The van der Waals surface area contributed by atoms with Crippen LogP contribution in [0.1, 0.15) is 10.7 Å². The zero-order valence-corrected chi connectivity index (χ0v) is 14.1. The molecule has 0 radical (unpaired) electrons. The quantitative estimate of drug-likeness (QED) is 0.713. The van der Waals surface area contributed by atoms with Gasteiger partial charge in [-0.3, -0.25) is 4.90 Å². The van der Waals surface area contributed by atoms with Crippen molar-refractivity contribution in [2.75, 3.05) is 13.2 Å². The maximum atomic E-state index is 5.89. The molecule has 24 heavy (non-hydrogen) atoms. The van der Waals surface area contributed by atoms with Gasteiger partial charge in [0.1, 0.15) is 5.01 Å². The molecular weight excluding hydrogens is 322 g/mol. The van der Waals surface area contributed by atoms with Crippen molar-refractivity contribution in [2.24, 2.45) is 5.92 Å². The lowest BCUT2D eigenvalue weighted by Crippen LogP contribution is -2.30. The lowest BCUT2D eigenvalue weighted by molar-refractivity contribution is 0.164. The van der Waals surface area contributed by atoms with E-state index in [4.69, 9.17) is 4.74 Å². The molecule has 124 valence electrons. The topological polar surface area (TPSA) is 56.1 Å². The molecule has 0 spiro atoms. The molecule has 0 aliphatic carbocycles. The van der Waals surface area contributed by atoms with E-state index in [1.54, 1.807) is 17.5 Å². The van der Waals surface area contributed by atoms with Crippen LogP contribution >= 0.6 is 11.3 Å². The second-order valence-corrected chi connectivity index (χ2v) is 6.96. The summed E-state index contributed by atoms with van der Waals surface area (Å²) < 4.78 is 8.12. The predicted octanol–water partition coefficient (Wildman–Crippen LogP) is 2.45. The fourth-order valence-electron chi connectivity index (χ4n) is 3.02. The maximum Gasteiger partial charge on any atom is 0.213 e. The Balaban J connectivity index is 1.46. The van der Waals surface area contributed by atoms with E-state index in [-0.39, 0.29) is 0 Å². The smallest absolute Gasteiger partial charge is 0.213 e. The zero-order valence-electron chi connectivity index (χ0n) is 13.3. The summed E-state index contributed by atoms with van der Waals surface area (Å²) in [7, 11) is 0. The van der Waals surface area contributed by atoms with Crippen molar-refractivity contribution in [3.8, 4) is 5.88 Å². The van der Waals surface area contributed by atoms with Crippen LogP contribution in [0.2, 0.25) is 0 Å². The molecule has 6 nitrogen and oxygen atoms in total. The Morgan fingerprint density at radius 1 is 1.21 bits per heavy atom. The van der Waals surface area contributed by atoms with Crippen LogP contribution in [0.4, 0.5) is 0 Å². The zero-order chi connectivity index (χ0) is 16.2. The highest BCUT2D eigenvalue weighted by Crippen LogP contribution is 2.20. The van der Waals surface area contributed by atoms with Crippen molar-refractivity contribution in [1.82, 2.24) is 24.4 Å². The summed E-state index contributed by atoms with van der Waals surface area (Å²) in [5.41, 5.74) is 1.24. The first-order valence-electron chi connectivity index (χ1n) is 8.00. The van der Waals surface area contributed by atoms with Crippen LogP contribution in [0.5, 0.6) is 5.88 Å². The van der Waals surface area contributed by atoms with Crippen molar-refractivity contribution >= 4 is 11.3 Å². The first-order valence-corrected chi connectivity index (χ1v) is 8.88. The number of pyridine rings is 1. The molecule has 0 unspecified atom stereocenters. The summed E-state index contributed by atoms with van der Waals surface area (Å²) in [5.74, 6) is 1.06. The molecule has 0 saturated heterocycles. The van der Waals surface area contributed by atoms with Crippen molar-refractivity contribution in [3.63, 3.8) is 0 Å². The van der Waals surface area contributed by atoms with E-state index < -0.39 is 0 Å². The van der Waals surface area contributed by atoms with E-state index in [1.807, 2.05) is 42.3 Å². The second kappa shape index (κ2) is 7.11. The molecule has 1 atom stereocenters. The summed E-state index contributed by atoms with van der Waals surface area (Å²) in [6.07, 6.45) is 7.49. The minimum Gasteiger partial charge on any atom is -0.477 e. The van der Waals surface area contributed by atoms with Crippen LogP contribution in [0.3, 0.4) is 0 Å². The third-order valence-corrected chi connectivity index (χ3v) is 4.87. The highest BCUT2D eigenvalue weighted by atomic mass is 32.1. The molecule has 0 bridgehead atoms. The van der Waals surface area contributed by atoms with E-state index in [0.717, 1.165) is 31.2 Å². The third-order valence-electron chi connectivity index (χ3n) is 4.10. The molecular formula is C17H19N5OS. The predicted molar refractivity (Wildman–Crippen MR) is 91.7 cm³/mol. The van der Waals surface area contributed by atoms with Gasteiger partial charge in [0.2, 0.25) is 5.88 Å². The van der Waals surface area contributed by atoms with E-state index >= 15 is 0 Å². The first kappa shape index (κ1) is 15.3. The number of aromatic nitrogens is 4. The standard InChI is InChI=1S/C17H19N5OS/c1-2-4-19-16(3-1)23-12-14-8-21(11-17-20-5-6-24-17)10-15-7-18-13-22(15)9-14/h1-7,13-14H,8-12H2/t14-/m0/s1. The van der Waals surface area contributed by atoms with E-state index in [1.165, 1.54) is 5.69 Å². The number of thiazole rings is 1. The lowest BCUT2D eigenvalue weighted by atomic mass is 10.1. The molecule has 4 rings (SSSR count). The maximum absolute atomic E-state index is 5.89. The number of hydrogen-bond donors (Lipinski definition) is 0. The van der Waals surface area contributed by atoms with Crippen LogP contribution in [-0.2, 0) is 19.6 Å².